The molecule has 84 valence electrons. The lowest BCUT2D eigenvalue weighted by molar-refractivity contribution is 0.447. The van der Waals surface area contributed by atoms with Gasteiger partial charge in [0.25, 0.3) is 0 Å². The van der Waals surface area contributed by atoms with Crippen LogP contribution >= 0.6 is 0 Å². The third-order valence-electron chi connectivity index (χ3n) is 3.17. The van der Waals surface area contributed by atoms with E-state index < -0.39 is 0 Å². The van der Waals surface area contributed by atoms with Crippen LogP contribution in [0.2, 0.25) is 0 Å². The molecule has 1 atom stereocenters. The fraction of sp³-hybridized carbons (Fsp3) is 0.417. The number of fused-ring (bicyclic) bond motifs is 1. The standard InChI is InChI=1S/C12H15N3O/c1-2-15-8-13-7-10(15)12-9-4-6-16-11(9)3-5-14-12/h4,6-8,12,14H,2-3,5H2,1H3. The molecule has 0 spiro atoms. The van der Waals surface area contributed by atoms with Crippen molar-refractivity contribution in [1.82, 2.24) is 14.9 Å². The van der Waals surface area contributed by atoms with Crippen LogP contribution in [0.3, 0.4) is 0 Å². The summed E-state index contributed by atoms with van der Waals surface area (Å²) in [7, 11) is 0. The zero-order chi connectivity index (χ0) is 11.0. The van der Waals surface area contributed by atoms with Crippen molar-refractivity contribution in [2.24, 2.45) is 0 Å². The van der Waals surface area contributed by atoms with E-state index in [9.17, 15) is 0 Å². The minimum Gasteiger partial charge on any atom is -0.469 e. The zero-order valence-electron chi connectivity index (χ0n) is 9.31. The quantitative estimate of drug-likeness (QED) is 0.833. The maximum Gasteiger partial charge on any atom is 0.110 e. The molecule has 2 aromatic heterocycles. The number of aromatic nitrogens is 2. The Hall–Kier alpha value is -1.55. The number of imidazole rings is 1. The highest BCUT2D eigenvalue weighted by atomic mass is 16.3. The van der Waals surface area contributed by atoms with Crippen LogP contribution < -0.4 is 5.32 Å². The van der Waals surface area contributed by atoms with E-state index in [1.807, 2.05) is 12.5 Å². The first kappa shape index (κ1) is 9.66. The van der Waals surface area contributed by atoms with Crippen LogP contribution in [0.1, 0.15) is 30.0 Å². The smallest absolute Gasteiger partial charge is 0.110 e. The molecule has 0 saturated heterocycles. The van der Waals surface area contributed by atoms with E-state index in [0.29, 0.717) is 0 Å². The molecule has 4 nitrogen and oxygen atoms in total. The second-order valence-electron chi connectivity index (χ2n) is 4.04. The van der Waals surface area contributed by atoms with Crippen LogP contribution in [-0.2, 0) is 13.0 Å². The fourth-order valence-electron chi connectivity index (χ4n) is 2.35. The van der Waals surface area contributed by atoms with E-state index in [1.54, 1.807) is 6.26 Å². The van der Waals surface area contributed by atoms with Crippen molar-refractivity contribution in [3.05, 3.63) is 41.9 Å². The van der Waals surface area contributed by atoms with Crippen molar-refractivity contribution >= 4 is 0 Å². The van der Waals surface area contributed by atoms with Gasteiger partial charge in [0.1, 0.15) is 5.76 Å². The fourth-order valence-corrected chi connectivity index (χ4v) is 2.35. The SMILES string of the molecule is CCn1cncc1C1NCCc2occc21. The number of aryl methyl sites for hydroxylation is 1. The van der Waals surface area contributed by atoms with Crippen LogP contribution in [0, 0.1) is 0 Å². The lowest BCUT2D eigenvalue weighted by atomic mass is 9.99. The molecular weight excluding hydrogens is 202 g/mol. The molecule has 3 heterocycles. The summed E-state index contributed by atoms with van der Waals surface area (Å²) in [6.07, 6.45) is 6.56. The molecule has 0 amide bonds. The van der Waals surface area contributed by atoms with Crippen molar-refractivity contribution < 1.29 is 4.42 Å². The number of hydrogen-bond acceptors (Lipinski definition) is 3. The monoisotopic (exact) mass is 217 g/mol. The van der Waals surface area contributed by atoms with E-state index in [0.717, 1.165) is 25.3 Å². The van der Waals surface area contributed by atoms with Gasteiger partial charge >= 0.3 is 0 Å². The van der Waals surface area contributed by atoms with Crippen molar-refractivity contribution in [1.29, 1.82) is 0 Å². The third kappa shape index (κ3) is 1.38. The molecule has 1 unspecified atom stereocenters. The Balaban J connectivity index is 2.04. The third-order valence-corrected chi connectivity index (χ3v) is 3.17. The summed E-state index contributed by atoms with van der Waals surface area (Å²) in [6.45, 7) is 4.03. The molecule has 16 heavy (non-hydrogen) atoms. The Morgan fingerprint density at radius 3 is 3.44 bits per heavy atom. The summed E-state index contributed by atoms with van der Waals surface area (Å²) in [6, 6.07) is 2.28. The summed E-state index contributed by atoms with van der Waals surface area (Å²) < 4.78 is 7.65. The molecule has 0 aromatic carbocycles. The van der Waals surface area contributed by atoms with E-state index >= 15 is 0 Å². The van der Waals surface area contributed by atoms with Crippen LogP contribution in [0.15, 0.2) is 29.3 Å². The molecule has 0 radical (unpaired) electrons. The normalized spacial score (nSPS) is 19.7. The first-order valence-corrected chi connectivity index (χ1v) is 5.70. The van der Waals surface area contributed by atoms with E-state index in [2.05, 4.69) is 27.9 Å². The molecule has 0 aliphatic carbocycles. The summed E-state index contributed by atoms with van der Waals surface area (Å²) in [5, 5.41) is 3.52. The van der Waals surface area contributed by atoms with Gasteiger partial charge in [-0.25, -0.2) is 4.98 Å². The average Bonchev–Trinajstić information content (AvgIpc) is 2.96. The van der Waals surface area contributed by atoms with Gasteiger partial charge in [-0.3, -0.25) is 0 Å². The molecule has 3 rings (SSSR count). The Labute approximate surface area is 94.3 Å². The predicted molar refractivity (Wildman–Crippen MR) is 60.2 cm³/mol. The maximum atomic E-state index is 5.49. The van der Waals surface area contributed by atoms with Gasteiger partial charge in [-0.1, -0.05) is 0 Å². The van der Waals surface area contributed by atoms with Crippen LogP contribution in [0.5, 0.6) is 0 Å². The number of nitrogens with one attached hydrogen (secondary N) is 1. The van der Waals surface area contributed by atoms with Crippen molar-refractivity contribution in [3.63, 3.8) is 0 Å². The molecule has 2 aromatic rings. The number of nitrogens with zero attached hydrogens (tertiary/aromatic N) is 2. The molecule has 1 N–H and O–H groups in total. The second-order valence-corrected chi connectivity index (χ2v) is 4.04. The van der Waals surface area contributed by atoms with Crippen molar-refractivity contribution in [3.8, 4) is 0 Å². The van der Waals surface area contributed by atoms with Gasteiger partial charge in [-0.2, -0.15) is 0 Å². The van der Waals surface area contributed by atoms with Crippen molar-refractivity contribution in [2.45, 2.75) is 25.9 Å². The summed E-state index contributed by atoms with van der Waals surface area (Å²) in [4.78, 5) is 4.22. The molecule has 0 saturated carbocycles. The molecule has 1 aliphatic rings. The predicted octanol–water partition coefficient (Wildman–Crippen LogP) is 1.73. The van der Waals surface area contributed by atoms with Gasteiger partial charge < -0.3 is 14.3 Å². The first-order chi connectivity index (χ1) is 7.90. The Bertz CT molecular complexity index is 486. The largest absolute Gasteiger partial charge is 0.469 e. The van der Waals surface area contributed by atoms with E-state index in [-0.39, 0.29) is 6.04 Å². The van der Waals surface area contributed by atoms with E-state index in [4.69, 9.17) is 4.42 Å². The minimum atomic E-state index is 0.227. The molecular formula is C12H15N3O. The lowest BCUT2D eigenvalue weighted by Gasteiger charge is -2.24. The van der Waals surface area contributed by atoms with Crippen molar-refractivity contribution in [2.75, 3.05) is 6.54 Å². The van der Waals surface area contributed by atoms with Gasteiger partial charge in [-0.05, 0) is 13.0 Å². The number of rotatable bonds is 2. The summed E-state index contributed by atoms with van der Waals surface area (Å²) in [5.41, 5.74) is 2.46. The molecule has 4 heteroatoms. The topological polar surface area (TPSA) is 43.0 Å². The molecule has 0 bridgehead atoms. The maximum absolute atomic E-state index is 5.49. The Morgan fingerprint density at radius 2 is 2.56 bits per heavy atom. The average molecular weight is 217 g/mol. The van der Waals surface area contributed by atoms with Crippen LogP contribution in [0.25, 0.3) is 0 Å². The first-order valence-electron chi connectivity index (χ1n) is 5.70. The Kier molecular flexibility index (Phi) is 2.29. The summed E-state index contributed by atoms with van der Waals surface area (Å²) >= 11 is 0. The van der Waals surface area contributed by atoms with Gasteiger partial charge in [0.05, 0.1) is 30.5 Å². The lowest BCUT2D eigenvalue weighted by Crippen LogP contribution is -2.31. The minimum absolute atomic E-state index is 0.227. The van der Waals surface area contributed by atoms with Gasteiger partial charge in [-0.15, -0.1) is 0 Å². The number of furan rings is 1. The van der Waals surface area contributed by atoms with Gasteiger partial charge in [0.15, 0.2) is 0 Å². The van der Waals surface area contributed by atoms with Gasteiger partial charge in [0.2, 0.25) is 0 Å². The zero-order valence-corrected chi connectivity index (χ0v) is 9.31. The van der Waals surface area contributed by atoms with Gasteiger partial charge in [0, 0.05) is 25.1 Å². The molecule has 0 fully saturated rings. The Morgan fingerprint density at radius 1 is 1.62 bits per heavy atom. The highest BCUT2D eigenvalue weighted by Gasteiger charge is 2.25. The highest BCUT2D eigenvalue weighted by Crippen LogP contribution is 2.29. The summed E-state index contributed by atoms with van der Waals surface area (Å²) in [5.74, 6) is 1.10. The van der Waals surface area contributed by atoms with Crippen LogP contribution in [-0.4, -0.2) is 16.1 Å². The second kappa shape index (κ2) is 3.79. The molecule has 1 aliphatic heterocycles. The van der Waals surface area contributed by atoms with E-state index in [1.165, 1.54) is 11.3 Å². The highest BCUT2D eigenvalue weighted by molar-refractivity contribution is 5.31. The van der Waals surface area contributed by atoms with Crippen LogP contribution in [0.4, 0.5) is 0 Å². The number of hydrogen-bond donors (Lipinski definition) is 1.